The van der Waals surface area contributed by atoms with Gasteiger partial charge in [-0.3, -0.25) is 4.79 Å². The number of nitrogens with zero attached hydrogens (tertiary/aromatic N) is 1. The third kappa shape index (κ3) is 2.26. The van der Waals surface area contributed by atoms with E-state index in [1.807, 2.05) is 4.90 Å². The lowest BCUT2D eigenvalue weighted by atomic mass is 9.96. The fourth-order valence-electron chi connectivity index (χ4n) is 3.49. The van der Waals surface area contributed by atoms with Crippen molar-refractivity contribution in [1.82, 2.24) is 9.88 Å². The number of aromatic nitrogens is 1. The molecule has 5 heteroatoms. The van der Waals surface area contributed by atoms with Crippen LogP contribution in [0.4, 0.5) is 0 Å². The Balaban J connectivity index is 2.10. The highest BCUT2D eigenvalue weighted by molar-refractivity contribution is 6.14. The summed E-state index contributed by atoms with van der Waals surface area (Å²) in [5.41, 5.74) is 1.30. The number of hydrogen-bond donors (Lipinski definition) is 2. The van der Waals surface area contributed by atoms with Gasteiger partial charge in [-0.25, -0.2) is 4.79 Å². The molecule has 3 rings (SSSR count). The smallest absolute Gasteiger partial charge is 0.336 e. The minimum atomic E-state index is -1.01. The van der Waals surface area contributed by atoms with Gasteiger partial charge in [0.25, 0.3) is 5.91 Å². The van der Waals surface area contributed by atoms with Crippen molar-refractivity contribution in [2.45, 2.75) is 45.2 Å². The van der Waals surface area contributed by atoms with E-state index in [9.17, 15) is 14.7 Å². The first-order valence-electron chi connectivity index (χ1n) is 7.66. The second-order valence-corrected chi connectivity index (χ2v) is 6.08. The van der Waals surface area contributed by atoms with Crippen LogP contribution in [0, 0.1) is 0 Å². The molecule has 0 aliphatic carbocycles. The van der Waals surface area contributed by atoms with Crippen LogP contribution in [-0.2, 0) is 0 Å². The van der Waals surface area contributed by atoms with Gasteiger partial charge in [-0.15, -0.1) is 0 Å². The van der Waals surface area contributed by atoms with Crippen LogP contribution in [0.3, 0.4) is 0 Å². The number of amides is 1. The molecule has 1 aromatic carbocycles. The summed E-state index contributed by atoms with van der Waals surface area (Å²) in [7, 11) is 0. The third-order valence-corrected chi connectivity index (χ3v) is 4.59. The molecule has 22 heavy (non-hydrogen) atoms. The highest BCUT2D eigenvalue weighted by Crippen LogP contribution is 2.29. The summed E-state index contributed by atoms with van der Waals surface area (Å²) in [6, 6.07) is 5.37. The molecule has 2 aromatic rings. The summed E-state index contributed by atoms with van der Waals surface area (Å²) in [6.45, 7) is 4.11. The summed E-state index contributed by atoms with van der Waals surface area (Å²) in [6.07, 6.45) is 4.74. The second-order valence-electron chi connectivity index (χ2n) is 6.08. The molecular formula is C17H20N2O3. The van der Waals surface area contributed by atoms with Crippen molar-refractivity contribution in [2.75, 3.05) is 0 Å². The fraction of sp³-hybridized carbons (Fsp3) is 0.412. The lowest BCUT2D eigenvalue weighted by molar-refractivity contribution is 0.0513. The summed E-state index contributed by atoms with van der Waals surface area (Å²) in [5, 5.41) is 9.89. The number of likely N-dealkylation sites (tertiary alicyclic amines) is 1. The van der Waals surface area contributed by atoms with Gasteiger partial charge in [-0.05, 0) is 45.2 Å². The zero-order valence-corrected chi connectivity index (χ0v) is 12.8. The molecule has 1 amide bonds. The monoisotopic (exact) mass is 300 g/mol. The van der Waals surface area contributed by atoms with Gasteiger partial charge in [0.05, 0.1) is 11.1 Å². The number of piperidine rings is 1. The second kappa shape index (κ2) is 5.48. The van der Waals surface area contributed by atoms with E-state index in [1.54, 1.807) is 24.4 Å². The van der Waals surface area contributed by atoms with Gasteiger partial charge >= 0.3 is 5.97 Å². The SMILES string of the molecule is CC1CCCC(C)N1C(=O)c1c[nH]c2cccc(C(=O)O)c12. The minimum Gasteiger partial charge on any atom is -0.478 e. The Morgan fingerprint density at radius 2 is 1.86 bits per heavy atom. The van der Waals surface area contributed by atoms with Gasteiger partial charge < -0.3 is 15.0 Å². The van der Waals surface area contributed by atoms with E-state index in [0.29, 0.717) is 16.5 Å². The topological polar surface area (TPSA) is 73.4 Å². The summed E-state index contributed by atoms with van der Waals surface area (Å²) < 4.78 is 0. The summed E-state index contributed by atoms with van der Waals surface area (Å²) in [5.74, 6) is -1.10. The number of aromatic amines is 1. The van der Waals surface area contributed by atoms with E-state index in [1.165, 1.54) is 0 Å². The lowest BCUT2D eigenvalue weighted by Gasteiger charge is -2.39. The predicted molar refractivity (Wildman–Crippen MR) is 84.2 cm³/mol. The zero-order valence-electron chi connectivity index (χ0n) is 12.8. The van der Waals surface area contributed by atoms with Crippen LogP contribution in [0.5, 0.6) is 0 Å². The van der Waals surface area contributed by atoms with Crippen LogP contribution in [0.1, 0.15) is 53.8 Å². The molecular weight excluding hydrogens is 280 g/mol. The number of nitrogens with one attached hydrogen (secondary N) is 1. The number of aromatic carboxylic acids is 1. The van der Waals surface area contributed by atoms with Crippen molar-refractivity contribution >= 4 is 22.8 Å². The molecule has 1 saturated heterocycles. The minimum absolute atomic E-state index is 0.0837. The highest BCUT2D eigenvalue weighted by atomic mass is 16.4. The first kappa shape index (κ1) is 14.6. The Labute approximate surface area is 128 Å². The molecule has 1 aromatic heterocycles. The Morgan fingerprint density at radius 1 is 1.18 bits per heavy atom. The molecule has 1 fully saturated rings. The number of carbonyl (C=O) groups is 2. The Morgan fingerprint density at radius 3 is 2.50 bits per heavy atom. The van der Waals surface area contributed by atoms with E-state index >= 15 is 0 Å². The molecule has 2 heterocycles. The maximum Gasteiger partial charge on any atom is 0.336 e. The van der Waals surface area contributed by atoms with Gasteiger partial charge in [0.15, 0.2) is 0 Å². The first-order valence-corrected chi connectivity index (χ1v) is 7.66. The molecule has 1 aliphatic heterocycles. The predicted octanol–water partition coefficient (Wildman–Crippen LogP) is 3.27. The molecule has 2 atom stereocenters. The van der Waals surface area contributed by atoms with E-state index in [2.05, 4.69) is 18.8 Å². The van der Waals surface area contributed by atoms with Crippen molar-refractivity contribution in [2.24, 2.45) is 0 Å². The normalized spacial score (nSPS) is 22.0. The van der Waals surface area contributed by atoms with E-state index in [4.69, 9.17) is 0 Å². The number of rotatable bonds is 2. The Kier molecular flexibility index (Phi) is 3.64. The zero-order chi connectivity index (χ0) is 15.9. The van der Waals surface area contributed by atoms with Gasteiger partial charge in [-0.1, -0.05) is 6.07 Å². The summed E-state index contributed by atoms with van der Waals surface area (Å²) >= 11 is 0. The number of H-pyrrole nitrogens is 1. The van der Waals surface area contributed by atoms with E-state index in [-0.39, 0.29) is 23.6 Å². The van der Waals surface area contributed by atoms with Crippen LogP contribution >= 0.6 is 0 Å². The van der Waals surface area contributed by atoms with Crippen LogP contribution in [0.25, 0.3) is 10.9 Å². The van der Waals surface area contributed by atoms with Crippen molar-refractivity contribution in [3.63, 3.8) is 0 Å². The van der Waals surface area contributed by atoms with Crippen LogP contribution in [0.2, 0.25) is 0 Å². The standard InChI is InChI=1S/C17H20N2O3/c1-10-5-3-6-11(2)19(10)16(20)13-9-18-14-8-4-7-12(15(13)14)17(21)22/h4,7-11,18H,3,5-6H2,1-2H3,(H,21,22). The average molecular weight is 300 g/mol. The first-order chi connectivity index (χ1) is 10.5. The number of carbonyl (C=O) groups excluding carboxylic acids is 1. The molecule has 1 aliphatic rings. The van der Waals surface area contributed by atoms with Crippen LogP contribution in [-0.4, -0.2) is 39.0 Å². The van der Waals surface area contributed by atoms with Crippen molar-refractivity contribution in [3.05, 3.63) is 35.5 Å². The van der Waals surface area contributed by atoms with Gasteiger partial charge in [-0.2, -0.15) is 0 Å². The quantitative estimate of drug-likeness (QED) is 0.894. The highest BCUT2D eigenvalue weighted by Gasteiger charge is 2.31. The Bertz CT molecular complexity index is 725. The van der Waals surface area contributed by atoms with Crippen molar-refractivity contribution < 1.29 is 14.7 Å². The largest absolute Gasteiger partial charge is 0.478 e. The van der Waals surface area contributed by atoms with Crippen LogP contribution in [0.15, 0.2) is 24.4 Å². The van der Waals surface area contributed by atoms with Gasteiger partial charge in [0.1, 0.15) is 0 Å². The molecule has 0 saturated carbocycles. The molecule has 0 spiro atoms. The molecule has 5 nitrogen and oxygen atoms in total. The van der Waals surface area contributed by atoms with Crippen LogP contribution < -0.4 is 0 Å². The number of carboxylic acids is 1. The van der Waals surface area contributed by atoms with Gasteiger partial charge in [0.2, 0.25) is 0 Å². The summed E-state index contributed by atoms with van der Waals surface area (Å²) in [4.78, 5) is 29.4. The molecule has 0 radical (unpaired) electrons. The molecule has 2 N–H and O–H groups in total. The van der Waals surface area contributed by atoms with Crippen molar-refractivity contribution in [1.29, 1.82) is 0 Å². The number of hydrogen-bond acceptors (Lipinski definition) is 2. The number of fused-ring (bicyclic) bond motifs is 1. The molecule has 2 unspecified atom stereocenters. The maximum atomic E-state index is 13.0. The van der Waals surface area contributed by atoms with Crippen molar-refractivity contribution in [3.8, 4) is 0 Å². The molecule has 116 valence electrons. The fourth-order valence-corrected chi connectivity index (χ4v) is 3.49. The van der Waals surface area contributed by atoms with Gasteiger partial charge in [0, 0.05) is 29.2 Å². The number of benzene rings is 1. The lowest BCUT2D eigenvalue weighted by Crippen LogP contribution is -2.47. The van der Waals surface area contributed by atoms with E-state index < -0.39 is 5.97 Å². The Hall–Kier alpha value is -2.30. The van der Waals surface area contributed by atoms with E-state index in [0.717, 1.165) is 19.3 Å². The average Bonchev–Trinajstić information content (AvgIpc) is 2.90. The molecule has 0 bridgehead atoms. The number of carboxylic acid groups (broad SMARTS) is 1. The third-order valence-electron chi connectivity index (χ3n) is 4.59. The maximum absolute atomic E-state index is 13.0.